The van der Waals surface area contributed by atoms with Crippen molar-refractivity contribution >= 4 is 11.3 Å². The van der Waals surface area contributed by atoms with E-state index < -0.39 is 11.7 Å². The van der Waals surface area contributed by atoms with E-state index in [0.717, 1.165) is 74.2 Å². The first kappa shape index (κ1) is 18.9. The predicted molar refractivity (Wildman–Crippen MR) is 101 cm³/mol. The summed E-state index contributed by atoms with van der Waals surface area (Å²) in [4.78, 5) is 9.65. The molecule has 1 aromatic carbocycles. The second kappa shape index (κ2) is 7.87. The van der Waals surface area contributed by atoms with E-state index >= 15 is 0 Å². The molecule has 2 aromatic rings. The molecule has 8 heteroatoms. The van der Waals surface area contributed by atoms with Crippen LogP contribution in [0.1, 0.15) is 17.7 Å². The first-order valence-corrected chi connectivity index (χ1v) is 10.2. The van der Waals surface area contributed by atoms with Gasteiger partial charge in [-0.2, -0.15) is 13.2 Å². The molecule has 1 aromatic heterocycles. The van der Waals surface area contributed by atoms with Crippen molar-refractivity contribution in [3.63, 3.8) is 0 Å². The van der Waals surface area contributed by atoms with Crippen LogP contribution in [0, 0.1) is 0 Å². The third-order valence-electron chi connectivity index (χ3n) is 5.31. The highest BCUT2D eigenvalue weighted by Gasteiger charge is 2.30. The normalized spacial score (nSPS) is 22.4. The van der Waals surface area contributed by atoms with Gasteiger partial charge in [-0.1, -0.05) is 12.1 Å². The standard InChI is InChI=1S/C19H23F3N4S/c20-19(21,22)15-3-1-14(2-4-15)18-24-16(13-27-18)11-25-8-5-17(12-25)26-9-6-23-7-10-26/h1-4,13,17,23H,5-12H2. The Labute approximate surface area is 161 Å². The van der Waals surface area contributed by atoms with E-state index in [2.05, 4.69) is 20.1 Å². The van der Waals surface area contributed by atoms with Crippen LogP contribution in [-0.2, 0) is 12.7 Å². The van der Waals surface area contributed by atoms with Crippen molar-refractivity contribution < 1.29 is 13.2 Å². The van der Waals surface area contributed by atoms with Crippen LogP contribution in [0.25, 0.3) is 10.6 Å². The average Bonchev–Trinajstić information content (AvgIpc) is 3.32. The summed E-state index contributed by atoms with van der Waals surface area (Å²) in [5.41, 5.74) is 1.11. The van der Waals surface area contributed by atoms with Gasteiger partial charge in [0.05, 0.1) is 11.3 Å². The van der Waals surface area contributed by atoms with Gasteiger partial charge in [-0.15, -0.1) is 11.3 Å². The van der Waals surface area contributed by atoms with Crippen LogP contribution in [-0.4, -0.2) is 60.1 Å². The summed E-state index contributed by atoms with van der Waals surface area (Å²) in [5.74, 6) is 0. The first-order valence-electron chi connectivity index (χ1n) is 9.28. The van der Waals surface area contributed by atoms with Gasteiger partial charge in [0.1, 0.15) is 5.01 Å². The van der Waals surface area contributed by atoms with Crippen molar-refractivity contribution in [2.24, 2.45) is 0 Å². The summed E-state index contributed by atoms with van der Waals surface area (Å²) in [7, 11) is 0. The van der Waals surface area contributed by atoms with Gasteiger partial charge in [-0.05, 0) is 18.6 Å². The Bertz CT molecular complexity index is 753. The Morgan fingerprint density at radius 3 is 2.56 bits per heavy atom. The minimum atomic E-state index is -4.30. The van der Waals surface area contributed by atoms with Gasteiger partial charge >= 0.3 is 6.18 Å². The largest absolute Gasteiger partial charge is 0.416 e. The molecule has 27 heavy (non-hydrogen) atoms. The number of piperazine rings is 1. The molecular weight excluding hydrogens is 373 g/mol. The number of likely N-dealkylation sites (tertiary alicyclic amines) is 1. The van der Waals surface area contributed by atoms with Gasteiger partial charge in [0.25, 0.3) is 0 Å². The fraction of sp³-hybridized carbons (Fsp3) is 0.526. The molecule has 0 saturated carbocycles. The topological polar surface area (TPSA) is 31.4 Å². The molecule has 2 aliphatic heterocycles. The smallest absolute Gasteiger partial charge is 0.314 e. The maximum Gasteiger partial charge on any atom is 0.416 e. The molecule has 0 radical (unpaired) electrons. The van der Waals surface area contributed by atoms with Crippen molar-refractivity contribution in [2.45, 2.75) is 25.2 Å². The van der Waals surface area contributed by atoms with Crippen molar-refractivity contribution in [3.05, 3.63) is 40.9 Å². The predicted octanol–water partition coefficient (Wildman–Crippen LogP) is 3.31. The maximum atomic E-state index is 12.7. The van der Waals surface area contributed by atoms with E-state index in [-0.39, 0.29) is 0 Å². The lowest BCUT2D eigenvalue weighted by molar-refractivity contribution is -0.137. The zero-order chi connectivity index (χ0) is 18.9. The molecule has 2 saturated heterocycles. The molecule has 0 amide bonds. The van der Waals surface area contributed by atoms with E-state index in [1.54, 1.807) is 0 Å². The highest BCUT2D eigenvalue weighted by molar-refractivity contribution is 7.13. The highest BCUT2D eigenvalue weighted by Crippen LogP contribution is 2.32. The van der Waals surface area contributed by atoms with Crippen LogP contribution in [0.15, 0.2) is 29.6 Å². The summed E-state index contributed by atoms with van der Waals surface area (Å²) < 4.78 is 38.1. The van der Waals surface area contributed by atoms with Crippen LogP contribution in [0.2, 0.25) is 0 Å². The lowest BCUT2D eigenvalue weighted by atomic mass is 10.1. The fourth-order valence-corrected chi connectivity index (χ4v) is 4.66. The third-order valence-corrected chi connectivity index (χ3v) is 6.25. The van der Waals surface area contributed by atoms with Gasteiger partial charge in [-0.25, -0.2) is 4.98 Å². The van der Waals surface area contributed by atoms with E-state index in [1.165, 1.54) is 29.9 Å². The average molecular weight is 396 g/mol. The zero-order valence-corrected chi connectivity index (χ0v) is 15.8. The maximum absolute atomic E-state index is 12.7. The van der Waals surface area contributed by atoms with E-state index in [9.17, 15) is 13.2 Å². The SMILES string of the molecule is FC(F)(F)c1ccc(-c2nc(CN3CCC(N4CCNCC4)C3)cs2)cc1. The number of rotatable bonds is 4. The molecule has 0 aliphatic carbocycles. The van der Waals surface area contributed by atoms with E-state index in [4.69, 9.17) is 0 Å². The van der Waals surface area contributed by atoms with Crippen molar-refractivity contribution in [2.75, 3.05) is 39.3 Å². The van der Waals surface area contributed by atoms with E-state index in [1.807, 2.05) is 5.38 Å². The molecule has 0 spiro atoms. The van der Waals surface area contributed by atoms with Gasteiger partial charge in [0.15, 0.2) is 0 Å². The highest BCUT2D eigenvalue weighted by atomic mass is 32.1. The van der Waals surface area contributed by atoms with Crippen molar-refractivity contribution in [3.8, 4) is 10.6 Å². The Morgan fingerprint density at radius 1 is 1.11 bits per heavy atom. The van der Waals surface area contributed by atoms with E-state index in [0.29, 0.717) is 6.04 Å². The van der Waals surface area contributed by atoms with Crippen LogP contribution < -0.4 is 5.32 Å². The number of halogens is 3. The minimum absolute atomic E-state index is 0.625. The minimum Gasteiger partial charge on any atom is -0.314 e. The molecule has 3 heterocycles. The number of hydrogen-bond acceptors (Lipinski definition) is 5. The Hall–Kier alpha value is -1.48. The summed E-state index contributed by atoms with van der Waals surface area (Å²) >= 11 is 1.49. The quantitative estimate of drug-likeness (QED) is 0.859. The second-order valence-corrected chi connectivity index (χ2v) is 8.04. The molecule has 2 fully saturated rings. The van der Waals surface area contributed by atoms with Crippen LogP contribution in [0.5, 0.6) is 0 Å². The molecule has 146 valence electrons. The summed E-state index contributed by atoms with van der Waals surface area (Å²) in [6, 6.07) is 5.87. The Balaban J connectivity index is 1.36. The number of alkyl halides is 3. The number of hydrogen-bond donors (Lipinski definition) is 1. The molecule has 2 aliphatic rings. The van der Waals surface area contributed by atoms with Gasteiger partial charge in [-0.3, -0.25) is 9.80 Å². The molecule has 0 bridgehead atoms. The number of aromatic nitrogens is 1. The van der Waals surface area contributed by atoms with Crippen molar-refractivity contribution in [1.29, 1.82) is 0 Å². The summed E-state index contributed by atoms with van der Waals surface area (Å²) in [5, 5.41) is 6.19. The number of benzene rings is 1. The number of thiazole rings is 1. The number of nitrogens with zero attached hydrogens (tertiary/aromatic N) is 3. The second-order valence-electron chi connectivity index (χ2n) is 7.18. The molecule has 1 N–H and O–H groups in total. The van der Waals surface area contributed by atoms with Crippen LogP contribution in [0.3, 0.4) is 0 Å². The first-order chi connectivity index (χ1) is 13.0. The summed E-state index contributed by atoms with van der Waals surface area (Å²) in [6.45, 7) is 7.31. The Morgan fingerprint density at radius 2 is 1.85 bits per heavy atom. The molecule has 4 nitrogen and oxygen atoms in total. The monoisotopic (exact) mass is 396 g/mol. The molecule has 1 unspecified atom stereocenters. The molecule has 4 rings (SSSR count). The third kappa shape index (κ3) is 4.51. The zero-order valence-electron chi connectivity index (χ0n) is 15.0. The van der Waals surface area contributed by atoms with Gasteiger partial charge < -0.3 is 5.32 Å². The van der Waals surface area contributed by atoms with Crippen LogP contribution >= 0.6 is 11.3 Å². The van der Waals surface area contributed by atoms with Gasteiger partial charge in [0, 0.05) is 62.8 Å². The fourth-order valence-electron chi connectivity index (χ4n) is 3.84. The molecule has 1 atom stereocenters. The van der Waals surface area contributed by atoms with Crippen molar-refractivity contribution in [1.82, 2.24) is 20.1 Å². The molecular formula is C19H23F3N4S. The Kier molecular flexibility index (Phi) is 5.50. The lowest BCUT2D eigenvalue weighted by Crippen LogP contribution is -2.49. The lowest BCUT2D eigenvalue weighted by Gasteiger charge is -2.32. The van der Waals surface area contributed by atoms with Gasteiger partial charge in [0.2, 0.25) is 0 Å². The number of nitrogens with one attached hydrogen (secondary N) is 1. The van der Waals surface area contributed by atoms with Crippen LogP contribution in [0.4, 0.5) is 13.2 Å². The summed E-state index contributed by atoms with van der Waals surface area (Å²) in [6.07, 6.45) is -3.11.